The summed E-state index contributed by atoms with van der Waals surface area (Å²) < 4.78 is 5.68. The Morgan fingerprint density at radius 2 is 1.40 bits per heavy atom. The molecule has 0 heterocycles. The van der Waals surface area contributed by atoms with Gasteiger partial charge in [0.1, 0.15) is 0 Å². The molecule has 0 saturated heterocycles. The molecule has 3 rings (SSSR count). The Hall–Kier alpha value is -1.81. The second-order valence-electron chi connectivity index (χ2n) is 5.43. The fourth-order valence-corrected chi connectivity index (χ4v) is 3.31. The smallest absolute Gasteiger partial charge is 0.337 e. The van der Waals surface area contributed by atoms with Crippen LogP contribution in [0.3, 0.4) is 0 Å². The molecule has 2 nitrogen and oxygen atoms in total. The maximum Gasteiger partial charge on any atom is 0.337 e. The van der Waals surface area contributed by atoms with Crippen molar-refractivity contribution in [2.45, 2.75) is 0 Å². The first kappa shape index (κ1) is 18.0. The van der Waals surface area contributed by atoms with Gasteiger partial charge in [-0.3, -0.25) is 0 Å². The van der Waals surface area contributed by atoms with Crippen LogP contribution in [0.2, 0.25) is 10.0 Å². The second kappa shape index (κ2) is 7.61. The van der Waals surface area contributed by atoms with Gasteiger partial charge >= 0.3 is 5.97 Å². The summed E-state index contributed by atoms with van der Waals surface area (Å²) in [7, 11) is 1.37. The highest BCUT2D eigenvalue weighted by molar-refractivity contribution is 9.10. The highest BCUT2D eigenvalue weighted by Gasteiger charge is 2.08. The van der Waals surface area contributed by atoms with Crippen LogP contribution in [-0.2, 0) is 4.74 Å². The van der Waals surface area contributed by atoms with E-state index in [-0.39, 0.29) is 5.97 Å². The number of benzene rings is 3. The van der Waals surface area contributed by atoms with Crippen molar-refractivity contribution in [1.82, 2.24) is 0 Å². The molecule has 0 atom stereocenters. The molecule has 3 aromatic rings. The summed E-state index contributed by atoms with van der Waals surface area (Å²) in [4.78, 5) is 11.6. The number of hydrogen-bond acceptors (Lipinski definition) is 2. The molecule has 0 unspecified atom stereocenters. The van der Waals surface area contributed by atoms with Gasteiger partial charge in [-0.25, -0.2) is 4.79 Å². The maximum atomic E-state index is 11.6. The van der Waals surface area contributed by atoms with Crippen molar-refractivity contribution in [3.05, 3.63) is 80.7 Å². The van der Waals surface area contributed by atoms with Gasteiger partial charge in [-0.2, -0.15) is 0 Å². The number of esters is 1. The summed E-state index contributed by atoms with van der Waals surface area (Å²) in [5.74, 6) is -0.350. The van der Waals surface area contributed by atoms with Gasteiger partial charge in [-0.15, -0.1) is 0 Å². The average molecular weight is 436 g/mol. The van der Waals surface area contributed by atoms with Crippen molar-refractivity contribution in [3.8, 4) is 22.3 Å². The Labute approximate surface area is 164 Å². The Bertz CT molecular complexity index is 937. The van der Waals surface area contributed by atoms with Gasteiger partial charge < -0.3 is 4.74 Å². The largest absolute Gasteiger partial charge is 0.465 e. The lowest BCUT2D eigenvalue weighted by Crippen LogP contribution is -2.00. The molecule has 0 aliphatic carbocycles. The third kappa shape index (κ3) is 4.06. The zero-order chi connectivity index (χ0) is 18.0. The molecule has 25 heavy (non-hydrogen) atoms. The molecule has 0 radical (unpaired) electrons. The van der Waals surface area contributed by atoms with Crippen molar-refractivity contribution in [1.29, 1.82) is 0 Å². The van der Waals surface area contributed by atoms with Crippen LogP contribution in [-0.4, -0.2) is 13.1 Å². The predicted octanol–water partition coefficient (Wildman–Crippen LogP) is 6.88. The lowest BCUT2D eigenvalue weighted by atomic mass is 9.98. The topological polar surface area (TPSA) is 26.3 Å². The minimum atomic E-state index is -0.350. The van der Waals surface area contributed by atoms with Crippen molar-refractivity contribution in [3.63, 3.8) is 0 Å². The maximum absolute atomic E-state index is 11.6. The number of rotatable bonds is 3. The molecule has 0 bridgehead atoms. The molecular formula is C20H13BrCl2O2. The Kier molecular flexibility index (Phi) is 5.48. The fourth-order valence-electron chi connectivity index (χ4n) is 2.52. The van der Waals surface area contributed by atoms with E-state index >= 15 is 0 Å². The van der Waals surface area contributed by atoms with Gasteiger partial charge in [0.15, 0.2) is 0 Å². The van der Waals surface area contributed by atoms with Gasteiger partial charge in [-0.05, 0) is 64.7 Å². The van der Waals surface area contributed by atoms with Crippen molar-refractivity contribution < 1.29 is 9.53 Å². The number of methoxy groups -OCH3 is 1. The summed E-state index contributed by atoms with van der Waals surface area (Å²) >= 11 is 15.7. The van der Waals surface area contributed by atoms with Gasteiger partial charge in [0.2, 0.25) is 0 Å². The van der Waals surface area contributed by atoms with E-state index in [4.69, 9.17) is 27.9 Å². The van der Waals surface area contributed by atoms with E-state index in [0.717, 1.165) is 26.7 Å². The number of carbonyl (C=O) groups is 1. The molecule has 0 aromatic heterocycles. The minimum Gasteiger partial charge on any atom is -0.465 e. The Morgan fingerprint density at radius 3 is 2.00 bits per heavy atom. The van der Waals surface area contributed by atoms with E-state index in [1.807, 2.05) is 36.4 Å². The molecule has 0 aliphatic heterocycles. The number of carbonyl (C=O) groups excluding carboxylic acids is 1. The molecule has 0 aliphatic rings. The molecule has 126 valence electrons. The average Bonchev–Trinajstić information content (AvgIpc) is 2.63. The summed E-state index contributed by atoms with van der Waals surface area (Å²) in [6, 6.07) is 19.0. The first-order valence-corrected chi connectivity index (χ1v) is 8.97. The van der Waals surface area contributed by atoms with E-state index in [2.05, 4.69) is 22.0 Å². The highest BCUT2D eigenvalue weighted by Crippen LogP contribution is 2.33. The summed E-state index contributed by atoms with van der Waals surface area (Å²) in [6.07, 6.45) is 0. The van der Waals surface area contributed by atoms with Crippen LogP contribution in [0.1, 0.15) is 10.4 Å². The van der Waals surface area contributed by atoms with Crippen molar-refractivity contribution >= 4 is 45.1 Å². The van der Waals surface area contributed by atoms with Crippen LogP contribution in [0.15, 0.2) is 65.1 Å². The van der Waals surface area contributed by atoms with Crippen LogP contribution < -0.4 is 0 Å². The van der Waals surface area contributed by atoms with Crippen LogP contribution in [0.4, 0.5) is 0 Å². The summed E-state index contributed by atoms with van der Waals surface area (Å²) in [6.45, 7) is 0. The Morgan fingerprint density at radius 1 is 0.800 bits per heavy atom. The monoisotopic (exact) mass is 434 g/mol. The second-order valence-corrected chi connectivity index (χ2v) is 7.16. The lowest BCUT2D eigenvalue weighted by molar-refractivity contribution is 0.0601. The summed E-state index contributed by atoms with van der Waals surface area (Å²) in [5, 5.41) is 1.04. The fraction of sp³-hybridized carbons (Fsp3) is 0.0500. The number of halogens is 3. The summed E-state index contributed by atoms with van der Waals surface area (Å²) in [5.41, 5.74) is 4.52. The molecule has 0 spiro atoms. The van der Waals surface area contributed by atoms with E-state index in [9.17, 15) is 4.79 Å². The molecule has 0 fully saturated rings. The van der Waals surface area contributed by atoms with Crippen molar-refractivity contribution in [2.24, 2.45) is 0 Å². The third-order valence-electron chi connectivity index (χ3n) is 3.79. The number of ether oxygens (including phenoxy) is 1. The zero-order valence-corrected chi connectivity index (χ0v) is 16.3. The van der Waals surface area contributed by atoms with Crippen LogP contribution in [0.5, 0.6) is 0 Å². The quantitative estimate of drug-likeness (QED) is 0.419. The van der Waals surface area contributed by atoms with E-state index in [1.54, 1.807) is 18.2 Å². The van der Waals surface area contributed by atoms with Crippen LogP contribution >= 0.6 is 39.1 Å². The minimum absolute atomic E-state index is 0.350. The van der Waals surface area contributed by atoms with Crippen LogP contribution in [0, 0.1) is 0 Å². The third-order valence-corrected chi connectivity index (χ3v) is 4.99. The van der Waals surface area contributed by atoms with Gasteiger partial charge in [0, 0.05) is 4.47 Å². The predicted molar refractivity (Wildman–Crippen MR) is 106 cm³/mol. The molecule has 0 amide bonds. The normalized spacial score (nSPS) is 10.6. The molecule has 0 saturated carbocycles. The first-order valence-electron chi connectivity index (χ1n) is 7.42. The highest BCUT2D eigenvalue weighted by atomic mass is 79.9. The molecule has 3 aromatic carbocycles. The van der Waals surface area contributed by atoms with E-state index in [0.29, 0.717) is 15.6 Å². The van der Waals surface area contributed by atoms with E-state index in [1.165, 1.54) is 7.11 Å². The van der Waals surface area contributed by atoms with Gasteiger partial charge in [0.25, 0.3) is 0 Å². The van der Waals surface area contributed by atoms with E-state index < -0.39 is 0 Å². The van der Waals surface area contributed by atoms with Crippen LogP contribution in [0.25, 0.3) is 22.3 Å². The van der Waals surface area contributed by atoms with Crippen molar-refractivity contribution in [2.75, 3.05) is 7.11 Å². The lowest BCUT2D eigenvalue weighted by Gasteiger charge is -2.09. The molecular weight excluding hydrogens is 423 g/mol. The first-order chi connectivity index (χ1) is 12.0. The SMILES string of the molecule is COC(=O)c1ccc(-c2cc(Br)cc(-c3ccc(Cl)c(Cl)c3)c2)cc1. The number of hydrogen-bond donors (Lipinski definition) is 0. The van der Waals surface area contributed by atoms with Gasteiger partial charge in [0.05, 0.1) is 22.7 Å². The van der Waals surface area contributed by atoms with Gasteiger partial charge in [-0.1, -0.05) is 57.3 Å². The standard InChI is InChI=1S/C20H13BrCl2O2/c1-25-20(24)13-4-2-12(3-5-13)15-8-16(10-17(21)9-15)14-6-7-18(22)19(23)11-14/h2-11H,1H3. The molecule has 5 heteroatoms. The zero-order valence-electron chi connectivity index (χ0n) is 13.2. The molecule has 0 N–H and O–H groups in total. The Balaban J connectivity index is 2.01.